The van der Waals surface area contributed by atoms with Crippen LogP contribution in [0.4, 0.5) is 0 Å². The summed E-state index contributed by atoms with van der Waals surface area (Å²) < 4.78 is 12.4. The van der Waals surface area contributed by atoms with Crippen LogP contribution >= 0.6 is 0 Å². The van der Waals surface area contributed by atoms with E-state index in [1.165, 1.54) is 0 Å². The van der Waals surface area contributed by atoms with E-state index in [2.05, 4.69) is 41.5 Å². The van der Waals surface area contributed by atoms with Gasteiger partial charge in [-0.2, -0.15) is 0 Å². The molecule has 0 heterocycles. The van der Waals surface area contributed by atoms with E-state index in [0.717, 1.165) is 113 Å². The highest BCUT2D eigenvalue weighted by Crippen LogP contribution is 2.32. The fraction of sp³-hybridized carbons (Fsp3) is 0.923. The fourth-order valence-corrected chi connectivity index (χ4v) is 13.6. The number of hydrogen-bond donors (Lipinski definition) is 0. The van der Waals surface area contributed by atoms with Crippen molar-refractivity contribution < 1.29 is 18.4 Å². The molecule has 0 amide bonds. The van der Waals surface area contributed by atoms with E-state index in [0.29, 0.717) is 0 Å². The normalized spacial score (nSPS) is 12.1. The molecule has 0 aliphatic carbocycles. The van der Waals surface area contributed by atoms with Crippen molar-refractivity contribution in [2.75, 3.05) is 0 Å². The van der Waals surface area contributed by atoms with E-state index in [4.69, 9.17) is 8.85 Å². The van der Waals surface area contributed by atoms with Gasteiger partial charge >= 0.3 is 11.9 Å². The van der Waals surface area contributed by atoms with Gasteiger partial charge in [-0.3, -0.25) is 0 Å². The molecule has 4 nitrogen and oxygen atoms in total. The maximum atomic E-state index is 13.1. The summed E-state index contributed by atoms with van der Waals surface area (Å²) in [7, 11) is -4.54. The molecule has 0 aromatic rings. The monoisotopic (exact) mass is 486 g/mol. The third-order valence-electron chi connectivity index (χ3n) is 6.70. The molecule has 0 aliphatic heterocycles. The van der Waals surface area contributed by atoms with Crippen LogP contribution in [0.15, 0.2) is 0 Å². The van der Waals surface area contributed by atoms with Crippen LogP contribution in [0.3, 0.4) is 0 Å². The molecule has 0 atom stereocenters. The number of rotatable bonds is 20. The first-order chi connectivity index (χ1) is 15.4. The molecule has 0 aromatic carbocycles. The topological polar surface area (TPSA) is 52.6 Å². The predicted octanol–water partition coefficient (Wildman–Crippen LogP) is 8.76. The van der Waals surface area contributed by atoms with Crippen LogP contribution < -0.4 is 0 Å². The summed E-state index contributed by atoms with van der Waals surface area (Å²) in [5, 5.41) is 0. The highest BCUT2D eigenvalue weighted by molar-refractivity contribution is 6.78. The zero-order valence-corrected chi connectivity index (χ0v) is 24.4. The molecule has 0 unspecified atom stereocenters. The molecule has 0 bridgehead atoms. The standard InChI is InChI=1S/C26H54O4Si2/c1-7-13-19-31(20-14-8-2,21-15-9-3)29-25(27)26(28)30-32(22-16-10-4,23-17-11-5)24-18-12-6/h7-24H2,1-6H3. The third kappa shape index (κ3) is 12.6. The molecule has 0 saturated heterocycles. The Morgan fingerprint density at radius 2 is 0.625 bits per heavy atom. The molecule has 0 radical (unpaired) electrons. The second-order valence-corrected chi connectivity index (χ2v) is 17.9. The summed E-state index contributed by atoms with van der Waals surface area (Å²) in [4.78, 5) is 26.2. The highest BCUT2D eigenvalue weighted by atomic mass is 28.4. The van der Waals surface area contributed by atoms with Crippen LogP contribution in [-0.4, -0.2) is 28.6 Å². The summed E-state index contributed by atoms with van der Waals surface area (Å²) in [6.07, 6.45) is 13.0. The minimum Gasteiger partial charge on any atom is -0.511 e. The second-order valence-electron chi connectivity index (χ2n) is 9.77. The fourth-order valence-electron chi connectivity index (χ4n) is 4.53. The van der Waals surface area contributed by atoms with Gasteiger partial charge in [0.25, 0.3) is 16.6 Å². The Morgan fingerprint density at radius 3 is 0.781 bits per heavy atom. The Balaban J connectivity index is 5.57. The van der Waals surface area contributed by atoms with Crippen LogP contribution in [0.25, 0.3) is 0 Å². The first-order valence-corrected chi connectivity index (χ1v) is 18.9. The molecule has 32 heavy (non-hydrogen) atoms. The van der Waals surface area contributed by atoms with E-state index in [9.17, 15) is 9.59 Å². The van der Waals surface area contributed by atoms with E-state index in [1.54, 1.807) is 0 Å². The first kappa shape index (κ1) is 31.4. The van der Waals surface area contributed by atoms with Gasteiger partial charge in [0.1, 0.15) is 0 Å². The lowest BCUT2D eigenvalue weighted by atomic mass is 10.4. The zero-order chi connectivity index (χ0) is 24.3. The molecule has 0 aromatic heterocycles. The Labute approximate surface area is 201 Å². The summed E-state index contributed by atoms with van der Waals surface area (Å²) in [6.45, 7) is 13.1. The Bertz CT molecular complexity index is 409. The van der Waals surface area contributed by atoms with Crippen molar-refractivity contribution >= 4 is 28.6 Å². The van der Waals surface area contributed by atoms with Crippen molar-refractivity contribution in [2.24, 2.45) is 0 Å². The summed E-state index contributed by atoms with van der Waals surface area (Å²) in [5.41, 5.74) is 0. The van der Waals surface area contributed by atoms with Gasteiger partial charge in [-0.25, -0.2) is 9.59 Å². The van der Waals surface area contributed by atoms with Gasteiger partial charge < -0.3 is 8.85 Å². The lowest BCUT2D eigenvalue weighted by molar-refractivity contribution is -0.157. The van der Waals surface area contributed by atoms with Crippen LogP contribution in [0, 0.1) is 0 Å². The highest BCUT2D eigenvalue weighted by Gasteiger charge is 2.42. The first-order valence-electron chi connectivity index (χ1n) is 13.8. The Kier molecular flexibility index (Phi) is 18.4. The SMILES string of the molecule is CCCC[Si](CCCC)(CCCC)OC(=O)C(=O)O[Si](CCCC)(CCCC)CCCC. The van der Waals surface area contributed by atoms with Gasteiger partial charge in [0, 0.05) is 0 Å². The van der Waals surface area contributed by atoms with E-state index >= 15 is 0 Å². The van der Waals surface area contributed by atoms with Gasteiger partial charge in [0.2, 0.25) is 0 Å². The molecule has 0 saturated carbocycles. The van der Waals surface area contributed by atoms with Gasteiger partial charge in [0.05, 0.1) is 0 Å². The van der Waals surface area contributed by atoms with E-state index in [-0.39, 0.29) is 0 Å². The molecular weight excluding hydrogens is 432 g/mol. The van der Waals surface area contributed by atoms with Crippen molar-refractivity contribution in [1.82, 2.24) is 0 Å². The summed E-state index contributed by atoms with van der Waals surface area (Å²) in [6, 6.07) is 5.87. The third-order valence-corrected chi connectivity index (χ3v) is 15.5. The van der Waals surface area contributed by atoms with Crippen LogP contribution in [0.2, 0.25) is 36.3 Å². The summed E-state index contributed by atoms with van der Waals surface area (Å²) >= 11 is 0. The molecule has 0 N–H and O–H groups in total. The minimum absolute atomic E-state index is 0.679. The van der Waals surface area contributed by atoms with Crippen molar-refractivity contribution in [1.29, 1.82) is 0 Å². The van der Waals surface area contributed by atoms with Gasteiger partial charge in [-0.05, 0) is 36.3 Å². The number of carbonyl (C=O) groups excluding carboxylic acids is 2. The van der Waals surface area contributed by atoms with E-state index < -0.39 is 28.6 Å². The van der Waals surface area contributed by atoms with Gasteiger partial charge in [-0.1, -0.05) is 119 Å². The van der Waals surface area contributed by atoms with Crippen LogP contribution in [0.1, 0.15) is 119 Å². The molecule has 0 fully saturated rings. The zero-order valence-electron chi connectivity index (χ0n) is 22.4. The van der Waals surface area contributed by atoms with Crippen molar-refractivity contribution in [3.8, 4) is 0 Å². The maximum Gasteiger partial charge on any atom is 0.402 e. The average Bonchev–Trinajstić information content (AvgIpc) is 2.80. The molecule has 190 valence electrons. The maximum absolute atomic E-state index is 13.1. The Morgan fingerprint density at radius 1 is 0.438 bits per heavy atom. The largest absolute Gasteiger partial charge is 0.511 e. The molecular formula is C26H54O4Si2. The number of unbranched alkanes of at least 4 members (excludes halogenated alkanes) is 6. The van der Waals surface area contributed by atoms with Gasteiger partial charge in [-0.15, -0.1) is 0 Å². The van der Waals surface area contributed by atoms with Gasteiger partial charge in [0.15, 0.2) is 0 Å². The average molecular weight is 487 g/mol. The van der Waals surface area contributed by atoms with E-state index in [1.807, 2.05) is 0 Å². The second kappa shape index (κ2) is 18.8. The lowest BCUT2D eigenvalue weighted by Crippen LogP contribution is -2.46. The molecule has 0 spiro atoms. The molecule has 0 aliphatic rings. The lowest BCUT2D eigenvalue weighted by Gasteiger charge is -2.33. The summed E-state index contributed by atoms with van der Waals surface area (Å²) in [5.74, 6) is -1.36. The smallest absolute Gasteiger partial charge is 0.402 e. The molecule has 0 rings (SSSR count). The Hall–Kier alpha value is -0.626. The predicted molar refractivity (Wildman–Crippen MR) is 142 cm³/mol. The van der Waals surface area contributed by atoms with Crippen molar-refractivity contribution in [2.45, 2.75) is 155 Å². The molecule has 6 heteroatoms. The van der Waals surface area contributed by atoms with Crippen molar-refractivity contribution in [3.63, 3.8) is 0 Å². The van der Waals surface area contributed by atoms with Crippen LogP contribution in [0.5, 0.6) is 0 Å². The quantitative estimate of drug-likeness (QED) is 0.127. The number of hydrogen-bond acceptors (Lipinski definition) is 4. The minimum atomic E-state index is -2.27. The number of carbonyl (C=O) groups is 2. The van der Waals surface area contributed by atoms with Crippen molar-refractivity contribution in [3.05, 3.63) is 0 Å². The van der Waals surface area contributed by atoms with Crippen LogP contribution in [-0.2, 0) is 18.4 Å².